The first kappa shape index (κ1) is 16.0. The summed E-state index contributed by atoms with van der Waals surface area (Å²) in [5.41, 5.74) is 5.61. The normalized spacial score (nSPS) is 14.0. The zero-order valence-electron chi connectivity index (χ0n) is 13.3. The number of rotatable bonds is 4. The van der Waals surface area contributed by atoms with Crippen LogP contribution in [-0.2, 0) is 19.4 Å². The molecule has 2 aromatic rings. The molecule has 0 bridgehead atoms. The second kappa shape index (κ2) is 7.16. The Kier molecular flexibility index (Phi) is 4.99. The van der Waals surface area contributed by atoms with E-state index in [1.165, 1.54) is 11.1 Å². The van der Waals surface area contributed by atoms with Crippen molar-refractivity contribution < 1.29 is 4.79 Å². The Morgan fingerprint density at radius 2 is 1.87 bits per heavy atom. The number of hydrogen-bond acceptors (Lipinski definition) is 3. The number of Topliss-reactive ketones (excluding diaryl/α,β-unsaturated/α-hetero) is 1. The van der Waals surface area contributed by atoms with Crippen molar-refractivity contribution >= 4 is 23.1 Å². The number of nitrogens with one attached hydrogen (secondary N) is 2. The summed E-state index contributed by atoms with van der Waals surface area (Å²) in [4.78, 5) is 11.3. The maximum Gasteiger partial charge on any atom is 0.159 e. The van der Waals surface area contributed by atoms with Crippen molar-refractivity contribution in [2.75, 3.05) is 18.4 Å². The van der Waals surface area contributed by atoms with Gasteiger partial charge in [-0.05, 0) is 55.6 Å². The molecule has 0 atom stereocenters. The number of hydrogen-bond donors (Lipinski definition) is 2. The smallest absolute Gasteiger partial charge is 0.159 e. The average molecular weight is 329 g/mol. The van der Waals surface area contributed by atoms with E-state index in [9.17, 15) is 4.79 Å². The summed E-state index contributed by atoms with van der Waals surface area (Å²) in [5.74, 6) is 0.0911. The maximum absolute atomic E-state index is 11.3. The highest BCUT2D eigenvalue weighted by Crippen LogP contribution is 2.31. The molecule has 2 aromatic carbocycles. The van der Waals surface area contributed by atoms with Crippen LogP contribution in [0.4, 0.5) is 5.69 Å². The van der Waals surface area contributed by atoms with E-state index in [2.05, 4.69) is 16.7 Å². The van der Waals surface area contributed by atoms with Crippen LogP contribution < -0.4 is 10.6 Å². The number of anilines is 1. The van der Waals surface area contributed by atoms with Crippen molar-refractivity contribution in [2.24, 2.45) is 0 Å². The first-order valence-electron chi connectivity index (χ1n) is 8.00. The number of benzene rings is 2. The third-order valence-electron chi connectivity index (χ3n) is 4.31. The molecule has 2 N–H and O–H groups in total. The largest absolute Gasteiger partial charge is 0.380 e. The Morgan fingerprint density at radius 1 is 1.13 bits per heavy atom. The predicted molar refractivity (Wildman–Crippen MR) is 95.5 cm³/mol. The molecule has 0 aliphatic carbocycles. The Balaban J connectivity index is 1.78. The van der Waals surface area contributed by atoms with Crippen LogP contribution in [-0.4, -0.2) is 18.9 Å². The van der Waals surface area contributed by atoms with Gasteiger partial charge in [0.05, 0.1) is 10.7 Å². The number of ketones is 1. The Morgan fingerprint density at radius 3 is 2.61 bits per heavy atom. The summed E-state index contributed by atoms with van der Waals surface area (Å²) in [5, 5.41) is 7.69. The summed E-state index contributed by atoms with van der Waals surface area (Å²) in [6.45, 7) is 4.28. The van der Waals surface area contributed by atoms with E-state index in [-0.39, 0.29) is 5.78 Å². The van der Waals surface area contributed by atoms with Gasteiger partial charge in [0.2, 0.25) is 0 Å². The summed E-state index contributed by atoms with van der Waals surface area (Å²) in [6, 6.07) is 11.8. The molecule has 4 heteroatoms. The van der Waals surface area contributed by atoms with Crippen LogP contribution in [0.15, 0.2) is 36.4 Å². The van der Waals surface area contributed by atoms with E-state index < -0.39 is 0 Å². The van der Waals surface area contributed by atoms with Crippen LogP contribution in [0.25, 0.3) is 0 Å². The molecule has 23 heavy (non-hydrogen) atoms. The molecule has 0 saturated heterocycles. The first-order valence-corrected chi connectivity index (χ1v) is 8.37. The summed E-state index contributed by atoms with van der Waals surface area (Å²) >= 11 is 6.42. The quantitative estimate of drug-likeness (QED) is 0.838. The monoisotopic (exact) mass is 328 g/mol. The van der Waals surface area contributed by atoms with Gasteiger partial charge >= 0.3 is 0 Å². The van der Waals surface area contributed by atoms with Crippen LogP contribution in [0.2, 0.25) is 5.02 Å². The van der Waals surface area contributed by atoms with Crippen molar-refractivity contribution in [3.8, 4) is 0 Å². The fourth-order valence-electron chi connectivity index (χ4n) is 2.98. The summed E-state index contributed by atoms with van der Waals surface area (Å²) < 4.78 is 0. The molecule has 1 heterocycles. The van der Waals surface area contributed by atoms with E-state index in [0.717, 1.165) is 47.8 Å². The number of halogens is 1. The second-order valence-corrected chi connectivity index (χ2v) is 6.32. The molecule has 0 unspecified atom stereocenters. The van der Waals surface area contributed by atoms with E-state index >= 15 is 0 Å². The molecule has 0 spiro atoms. The highest BCUT2D eigenvalue weighted by atomic mass is 35.5. The lowest BCUT2D eigenvalue weighted by atomic mass is 10.0. The van der Waals surface area contributed by atoms with Crippen molar-refractivity contribution in [1.29, 1.82) is 0 Å². The zero-order chi connectivity index (χ0) is 16.2. The number of carbonyl (C=O) groups excluding carboxylic acids is 1. The molecule has 1 aliphatic heterocycles. The van der Waals surface area contributed by atoms with Gasteiger partial charge in [-0.15, -0.1) is 0 Å². The third-order valence-corrected chi connectivity index (χ3v) is 4.63. The SMILES string of the molecule is CC(=O)c1ccc(CNc2c(Cl)ccc3c2CCNCC3)cc1. The minimum Gasteiger partial charge on any atom is -0.380 e. The Labute approximate surface area is 142 Å². The molecular weight excluding hydrogens is 308 g/mol. The molecule has 3 rings (SSSR count). The highest BCUT2D eigenvalue weighted by Gasteiger charge is 2.14. The molecule has 3 nitrogen and oxygen atoms in total. The van der Waals surface area contributed by atoms with E-state index in [1.807, 2.05) is 30.3 Å². The van der Waals surface area contributed by atoms with Crippen molar-refractivity contribution in [2.45, 2.75) is 26.3 Å². The van der Waals surface area contributed by atoms with Gasteiger partial charge in [-0.25, -0.2) is 0 Å². The van der Waals surface area contributed by atoms with E-state index in [0.29, 0.717) is 6.54 Å². The van der Waals surface area contributed by atoms with Crippen molar-refractivity contribution in [3.63, 3.8) is 0 Å². The molecule has 0 aromatic heterocycles. The van der Waals surface area contributed by atoms with Gasteiger partial charge in [0.1, 0.15) is 0 Å². The van der Waals surface area contributed by atoms with Gasteiger partial charge in [-0.1, -0.05) is 41.9 Å². The first-order chi connectivity index (χ1) is 11.1. The Bertz CT molecular complexity index is 710. The van der Waals surface area contributed by atoms with Gasteiger partial charge in [0.25, 0.3) is 0 Å². The minimum atomic E-state index is 0.0911. The number of fused-ring (bicyclic) bond motifs is 1. The molecule has 0 fully saturated rings. The second-order valence-electron chi connectivity index (χ2n) is 5.92. The summed E-state index contributed by atoms with van der Waals surface area (Å²) in [6.07, 6.45) is 2.02. The fourth-order valence-corrected chi connectivity index (χ4v) is 3.23. The van der Waals surface area contributed by atoms with Crippen LogP contribution in [0.5, 0.6) is 0 Å². The standard InChI is InChI=1S/C19H21ClN2O/c1-13(23)15-4-2-14(3-5-15)12-22-19-17-9-11-21-10-8-16(17)6-7-18(19)20/h2-7,21-22H,8-12H2,1H3. The zero-order valence-corrected chi connectivity index (χ0v) is 14.0. The summed E-state index contributed by atoms with van der Waals surface area (Å²) in [7, 11) is 0. The number of carbonyl (C=O) groups is 1. The molecule has 0 saturated carbocycles. The lowest BCUT2D eigenvalue weighted by Crippen LogP contribution is -2.16. The minimum absolute atomic E-state index is 0.0911. The van der Waals surface area contributed by atoms with Gasteiger partial charge in [-0.3, -0.25) is 4.79 Å². The van der Waals surface area contributed by atoms with Crippen molar-refractivity contribution in [3.05, 3.63) is 63.7 Å². The van der Waals surface area contributed by atoms with Crippen LogP contribution >= 0.6 is 11.6 Å². The molecule has 1 aliphatic rings. The molecule has 0 amide bonds. The van der Waals surface area contributed by atoms with Gasteiger partial charge in [0, 0.05) is 12.1 Å². The lowest BCUT2D eigenvalue weighted by Gasteiger charge is -2.16. The lowest BCUT2D eigenvalue weighted by molar-refractivity contribution is 0.101. The van der Waals surface area contributed by atoms with Crippen LogP contribution in [0, 0.1) is 0 Å². The van der Waals surface area contributed by atoms with Gasteiger partial charge in [-0.2, -0.15) is 0 Å². The van der Waals surface area contributed by atoms with Crippen molar-refractivity contribution in [1.82, 2.24) is 5.32 Å². The van der Waals surface area contributed by atoms with Crippen LogP contribution in [0.3, 0.4) is 0 Å². The topological polar surface area (TPSA) is 41.1 Å². The average Bonchev–Trinajstić information content (AvgIpc) is 2.80. The third kappa shape index (κ3) is 3.74. The van der Waals surface area contributed by atoms with Gasteiger partial charge < -0.3 is 10.6 Å². The predicted octanol–water partition coefficient (Wildman–Crippen LogP) is 3.84. The Hall–Kier alpha value is -1.84. The fraction of sp³-hybridized carbons (Fsp3) is 0.316. The van der Waals surface area contributed by atoms with Crippen LogP contribution in [0.1, 0.15) is 34.0 Å². The van der Waals surface area contributed by atoms with E-state index in [4.69, 9.17) is 11.6 Å². The highest BCUT2D eigenvalue weighted by molar-refractivity contribution is 6.33. The maximum atomic E-state index is 11.3. The van der Waals surface area contributed by atoms with Gasteiger partial charge in [0.15, 0.2) is 5.78 Å². The molecule has 0 radical (unpaired) electrons. The van der Waals surface area contributed by atoms with E-state index in [1.54, 1.807) is 6.92 Å². The molecule has 120 valence electrons. The molecular formula is C19H21ClN2O.